The average Bonchev–Trinajstić information content (AvgIpc) is 2.33. The van der Waals surface area contributed by atoms with E-state index in [2.05, 4.69) is 40.1 Å². The summed E-state index contributed by atoms with van der Waals surface area (Å²) in [7, 11) is 0. The van der Waals surface area contributed by atoms with Crippen molar-refractivity contribution in [3.05, 3.63) is 33.3 Å². The summed E-state index contributed by atoms with van der Waals surface area (Å²) in [5.74, 6) is 0.502. The summed E-state index contributed by atoms with van der Waals surface area (Å²) in [6.07, 6.45) is 1.83. The first-order chi connectivity index (χ1) is 8.52. The van der Waals surface area contributed by atoms with Gasteiger partial charge >= 0.3 is 0 Å². The van der Waals surface area contributed by atoms with Crippen molar-refractivity contribution >= 4 is 57.5 Å². The quantitative estimate of drug-likeness (QED) is 0.397. The molecule has 19 heavy (non-hydrogen) atoms. The lowest BCUT2D eigenvalue weighted by Crippen LogP contribution is -2.38. The van der Waals surface area contributed by atoms with E-state index in [1.54, 1.807) is 0 Å². The largest absolute Gasteiger partial charge is 0.370 e. The number of benzene rings is 1. The summed E-state index contributed by atoms with van der Waals surface area (Å²) in [4.78, 5) is 4.30. The first kappa shape index (κ1) is 19.0. The fourth-order valence-corrected chi connectivity index (χ4v) is 2.07. The minimum atomic E-state index is 0. The molecule has 6 heteroatoms. The van der Waals surface area contributed by atoms with Crippen molar-refractivity contribution < 1.29 is 0 Å². The number of rotatable bonds is 5. The Morgan fingerprint density at radius 1 is 1.53 bits per heavy atom. The Kier molecular flexibility index (Phi) is 9.82. The lowest BCUT2D eigenvalue weighted by atomic mass is 10.1. The second-order valence-corrected chi connectivity index (χ2v) is 5.50. The zero-order valence-electron chi connectivity index (χ0n) is 11.1. The van der Waals surface area contributed by atoms with Gasteiger partial charge < -0.3 is 11.1 Å². The van der Waals surface area contributed by atoms with E-state index in [1.165, 1.54) is 0 Å². The number of nitrogens with two attached hydrogens (primary N) is 1. The van der Waals surface area contributed by atoms with Crippen LogP contribution in [0.5, 0.6) is 0 Å². The third-order valence-electron chi connectivity index (χ3n) is 2.68. The predicted molar refractivity (Wildman–Crippen MR) is 97.6 cm³/mol. The molecule has 0 amide bonds. The summed E-state index contributed by atoms with van der Waals surface area (Å²) in [5.41, 5.74) is 6.92. The van der Waals surface area contributed by atoms with Crippen LogP contribution in [0.2, 0.25) is 5.02 Å². The molecule has 0 aromatic heterocycles. The lowest BCUT2D eigenvalue weighted by Gasteiger charge is -2.11. The topological polar surface area (TPSA) is 50.4 Å². The highest BCUT2D eigenvalue weighted by molar-refractivity contribution is 14.0. The van der Waals surface area contributed by atoms with E-state index in [0.717, 1.165) is 27.9 Å². The molecular weight excluding hydrogens is 440 g/mol. The molecule has 0 heterocycles. The summed E-state index contributed by atoms with van der Waals surface area (Å²) >= 11 is 9.45. The first-order valence-electron chi connectivity index (χ1n) is 6.03. The van der Waals surface area contributed by atoms with E-state index in [1.807, 2.05) is 18.2 Å². The molecule has 1 rings (SSSR count). The Bertz CT molecular complexity index is 426. The molecule has 3 N–H and O–H groups in total. The van der Waals surface area contributed by atoms with Crippen LogP contribution in [0, 0.1) is 0 Å². The van der Waals surface area contributed by atoms with Crippen LogP contribution in [-0.2, 0) is 6.42 Å². The zero-order chi connectivity index (χ0) is 13.5. The van der Waals surface area contributed by atoms with Crippen LogP contribution in [0.25, 0.3) is 0 Å². The SMILES string of the molecule is CCC(C)NC(N)=NCCc1cc(Cl)ccc1Br.I. The van der Waals surface area contributed by atoms with Crippen molar-refractivity contribution in [2.24, 2.45) is 10.7 Å². The van der Waals surface area contributed by atoms with Crippen molar-refractivity contribution in [3.8, 4) is 0 Å². The molecule has 0 fully saturated rings. The van der Waals surface area contributed by atoms with Gasteiger partial charge in [0, 0.05) is 22.1 Å². The average molecular weight is 461 g/mol. The second kappa shape index (κ2) is 9.83. The fraction of sp³-hybridized carbons (Fsp3) is 0.462. The van der Waals surface area contributed by atoms with E-state index in [9.17, 15) is 0 Å². The minimum Gasteiger partial charge on any atom is -0.370 e. The highest BCUT2D eigenvalue weighted by Gasteiger charge is 2.02. The van der Waals surface area contributed by atoms with Crippen molar-refractivity contribution in [1.29, 1.82) is 0 Å². The van der Waals surface area contributed by atoms with Crippen molar-refractivity contribution in [3.63, 3.8) is 0 Å². The van der Waals surface area contributed by atoms with E-state index < -0.39 is 0 Å². The van der Waals surface area contributed by atoms with Gasteiger partial charge in [0.1, 0.15) is 0 Å². The van der Waals surface area contributed by atoms with Crippen LogP contribution in [0.4, 0.5) is 0 Å². The highest BCUT2D eigenvalue weighted by atomic mass is 127. The Morgan fingerprint density at radius 3 is 2.84 bits per heavy atom. The van der Waals surface area contributed by atoms with Gasteiger partial charge in [0.2, 0.25) is 0 Å². The molecule has 0 saturated heterocycles. The van der Waals surface area contributed by atoms with Crippen LogP contribution >= 0.6 is 51.5 Å². The summed E-state index contributed by atoms with van der Waals surface area (Å²) in [6, 6.07) is 6.10. The van der Waals surface area contributed by atoms with Gasteiger partial charge in [-0.05, 0) is 43.5 Å². The van der Waals surface area contributed by atoms with Gasteiger partial charge in [0.05, 0.1) is 0 Å². The highest BCUT2D eigenvalue weighted by Crippen LogP contribution is 2.21. The van der Waals surface area contributed by atoms with Crippen LogP contribution < -0.4 is 11.1 Å². The normalized spacial score (nSPS) is 12.7. The molecule has 0 aliphatic rings. The third-order valence-corrected chi connectivity index (χ3v) is 3.69. The molecule has 0 radical (unpaired) electrons. The van der Waals surface area contributed by atoms with Gasteiger partial charge in [-0.15, -0.1) is 24.0 Å². The van der Waals surface area contributed by atoms with Crippen LogP contribution in [0.1, 0.15) is 25.8 Å². The number of guanidine groups is 1. The molecule has 1 unspecified atom stereocenters. The van der Waals surface area contributed by atoms with Crippen LogP contribution in [0.3, 0.4) is 0 Å². The molecule has 108 valence electrons. The number of aliphatic imine (C=N–C) groups is 1. The number of nitrogens with zero attached hydrogens (tertiary/aromatic N) is 1. The monoisotopic (exact) mass is 459 g/mol. The van der Waals surface area contributed by atoms with Gasteiger partial charge in [0.15, 0.2) is 5.96 Å². The van der Waals surface area contributed by atoms with Crippen molar-refractivity contribution in [1.82, 2.24) is 5.32 Å². The van der Waals surface area contributed by atoms with Gasteiger partial charge in [0.25, 0.3) is 0 Å². The Hall–Kier alpha value is -0.0100. The summed E-state index contributed by atoms with van der Waals surface area (Å²) in [5, 5.41) is 3.87. The predicted octanol–water partition coefficient (Wildman–Crippen LogP) is 3.97. The molecule has 0 aliphatic carbocycles. The maximum atomic E-state index is 5.95. The standard InChI is InChI=1S/C13H19BrClN3.HI/c1-3-9(2)18-13(16)17-7-6-10-8-11(15)4-5-12(10)14;/h4-5,8-9H,3,6-7H2,1-2H3,(H3,16,17,18);1H. The number of hydrogen-bond acceptors (Lipinski definition) is 1. The molecule has 1 atom stereocenters. The Morgan fingerprint density at radius 2 is 2.21 bits per heavy atom. The van der Waals surface area contributed by atoms with Gasteiger partial charge in [-0.2, -0.15) is 0 Å². The van der Waals surface area contributed by atoms with Gasteiger partial charge in [-0.25, -0.2) is 0 Å². The number of hydrogen-bond donors (Lipinski definition) is 2. The fourth-order valence-electron chi connectivity index (χ4n) is 1.43. The zero-order valence-corrected chi connectivity index (χ0v) is 15.8. The van der Waals surface area contributed by atoms with E-state index in [0.29, 0.717) is 18.5 Å². The summed E-state index contributed by atoms with van der Waals surface area (Å²) < 4.78 is 1.05. The maximum Gasteiger partial charge on any atom is 0.188 e. The number of nitrogens with one attached hydrogen (secondary N) is 1. The van der Waals surface area contributed by atoms with Crippen LogP contribution in [0.15, 0.2) is 27.7 Å². The van der Waals surface area contributed by atoms with Gasteiger partial charge in [-0.1, -0.05) is 34.5 Å². The lowest BCUT2D eigenvalue weighted by molar-refractivity contribution is 0.636. The van der Waals surface area contributed by atoms with Crippen molar-refractivity contribution in [2.75, 3.05) is 6.54 Å². The molecule has 1 aromatic rings. The molecular formula is C13H20BrClIN3. The van der Waals surface area contributed by atoms with Crippen molar-refractivity contribution in [2.45, 2.75) is 32.7 Å². The smallest absolute Gasteiger partial charge is 0.188 e. The number of halogens is 3. The molecule has 3 nitrogen and oxygen atoms in total. The summed E-state index contributed by atoms with van der Waals surface area (Å²) in [6.45, 7) is 4.83. The third kappa shape index (κ3) is 7.37. The molecule has 0 saturated carbocycles. The Balaban J connectivity index is 0.00000324. The van der Waals surface area contributed by atoms with Crippen LogP contribution in [-0.4, -0.2) is 18.5 Å². The molecule has 0 spiro atoms. The molecule has 0 bridgehead atoms. The first-order valence-corrected chi connectivity index (χ1v) is 7.20. The van der Waals surface area contributed by atoms with E-state index in [-0.39, 0.29) is 24.0 Å². The molecule has 0 aliphatic heterocycles. The Labute approximate surface area is 145 Å². The minimum absolute atomic E-state index is 0. The van der Waals surface area contributed by atoms with E-state index >= 15 is 0 Å². The van der Waals surface area contributed by atoms with E-state index in [4.69, 9.17) is 17.3 Å². The maximum absolute atomic E-state index is 5.95. The molecule has 1 aromatic carbocycles. The second-order valence-electron chi connectivity index (χ2n) is 4.21. The van der Waals surface area contributed by atoms with Gasteiger partial charge in [-0.3, -0.25) is 4.99 Å².